The van der Waals surface area contributed by atoms with Crippen molar-refractivity contribution in [3.63, 3.8) is 0 Å². The maximum atomic E-state index is 3.54. The average molecular weight is 247 g/mol. The summed E-state index contributed by atoms with van der Waals surface area (Å²) in [4.78, 5) is 0. The third kappa shape index (κ3) is 4.99. The zero-order valence-electron chi connectivity index (χ0n) is 12.5. The molecule has 1 saturated heterocycles. The first-order valence-corrected chi connectivity index (χ1v) is 8.49. The van der Waals surface area contributed by atoms with Crippen LogP contribution in [-0.4, -0.2) is 28.2 Å². The first kappa shape index (κ1) is 14.5. The molecule has 1 N–H and O–H groups in total. The molecule has 0 spiro atoms. The van der Waals surface area contributed by atoms with Crippen LogP contribution in [0.25, 0.3) is 0 Å². The Balaban J connectivity index is 1.83. The molecule has 0 unspecified atom stereocenters. The van der Waals surface area contributed by atoms with Crippen LogP contribution in [0.4, 0.5) is 0 Å². The molecule has 1 aliphatic carbocycles. The van der Waals surface area contributed by atoms with E-state index in [-0.39, 0.29) is 0 Å². The van der Waals surface area contributed by atoms with Crippen LogP contribution in [0.5, 0.6) is 0 Å². The van der Waals surface area contributed by atoms with Crippen molar-refractivity contribution in [3.05, 3.63) is 0 Å². The van der Waals surface area contributed by atoms with E-state index in [0.29, 0.717) is 5.21 Å². The van der Waals surface area contributed by atoms with Crippen LogP contribution in [-0.2, 0) is 0 Å². The molecule has 0 aromatic rings. The van der Waals surface area contributed by atoms with Gasteiger partial charge in [-0.1, -0.05) is 68.8 Å². The fourth-order valence-corrected chi connectivity index (χ4v) is 4.16. The number of hydrogen-bond donors (Lipinski definition) is 1. The molecule has 1 heterocycles. The van der Waals surface area contributed by atoms with E-state index >= 15 is 0 Å². The summed E-state index contributed by atoms with van der Waals surface area (Å²) in [6.45, 7) is 2.51. The Morgan fingerprint density at radius 2 is 1.39 bits per heavy atom. The molecule has 18 heavy (non-hydrogen) atoms. The van der Waals surface area contributed by atoms with Crippen LogP contribution in [0.15, 0.2) is 0 Å². The molecule has 0 aromatic heterocycles. The van der Waals surface area contributed by atoms with Gasteiger partial charge in [0, 0.05) is 0 Å². The maximum Gasteiger partial charge on any atom is 0.122 e. The van der Waals surface area contributed by atoms with Crippen LogP contribution in [0.1, 0.15) is 70.6 Å². The van der Waals surface area contributed by atoms with Crippen molar-refractivity contribution in [2.75, 3.05) is 13.1 Å². The van der Waals surface area contributed by atoms with Crippen molar-refractivity contribution in [3.8, 4) is 0 Å². The van der Waals surface area contributed by atoms with Crippen molar-refractivity contribution >= 4 is 15.1 Å². The van der Waals surface area contributed by atoms with E-state index in [2.05, 4.69) is 13.2 Å². The molecule has 1 aliphatic heterocycles. The second kappa shape index (κ2) is 7.62. The average Bonchev–Trinajstić information content (AvgIpc) is 2.28. The molecular formula is C15H31B2N. The van der Waals surface area contributed by atoms with E-state index < -0.39 is 0 Å². The molecule has 2 rings (SSSR count). The van der Waals surface area contributed by atoms with Crippen molar-refractivity contribution in [2.45, 2.75) is 81.7 Å². The largest absolute Gasteiger partial charge is 0.317 e. The normalized spacial score (nSPS) is 27.6. The van der Waals surface area contributed by atoms with Crippen LogP contribution in [0.3, 0.4) is 0 Å². The van der Waals surface area contributed by atoms with E-state index in [1.54, 1.807) is 0 Å². The van der Waals surface area contributed by atoms with Crippen LogP contribution >= 0.6 is 0 Å². The monoisotopic (exact) mass is 247 g/mol. The predicted molar refractivity (Wildman–Crippen MR) is 85.8 cm³/mol. The van der Waals surface area contributed by atoms with Crippen LogP contribution in [0.2, 0.25) is 11.0 Å². The topological polar surface area (TPSA) is 12.0 Å². The molecule has 0 bridgehead atoms. The third-order valence-corrected chi connectivity index (χ3v) is 5.27. The minimum absolute atomic E-state index is 0.678. The van der Waals surface area contributed by atoms with Gasteiger partial charge in [0.25, 0.3) is 0 Å². The van der Waals surface area contributed by atoms with Crippen molar-refractivity contribution in [1.82, 2.24) is 5.32 Å². The highest BCUT2D eigenvalue weighted by Gasteiger charge is 2.29. The van der Waals surface area contributed by atoms with E-state index in [1.165, 1.54) is 91.0 Å². The lowest BCUT2D eigenvalue weighted by Gasteiger charge is -2.35. The van der Waals surface area contributed by atoms with Gasteiger partial charge in [-0.05, 0) is 25.9 Å². The van der Waals surface area contributed by atoms with Crippen LogP contribution < -0.4 is 5.32 Å². The molecule has 1 nitrogen and oxygen atoms in total. The van der Waals surface area contributed by atoms with Gasteiger partial charge in [-0.3, -0.25) is 0 Å². The standard InChI is InChI=1S/C15H31B2N/c16-15(10-4-2-1-3-5-11-15)17-14-8-6-12-18-13-7-9-14/h14,17-18H,1-13,16H2. The van der Waals surface area contributed by atoms with Gasteiger partial charge in [-0.2, -0.15) is 0 Å². The summed E-state index contributed by atoms with van der Waals surface area (Å²) in [5.41, 5.74) is 0. The Morgan fingerprint density at radius 3 is 2.00 bits per heavy atom. The summed E-state index contributed by atoms with van der Waals surface area (Å²) in [7, 11) is 4.11. The molecular weight excluding hydrogens is 216 g/mol. The lowest BCUT2D eigenvalue weighted by molar-refractivity contribution is 0.460. The lowest BCUT2D eigenvalue weighted by Crippen LogP contribution is -2.28. The van der Waals surface area contributed by atoms with Crippen molar-refractivity contribution in [2.24, 2.45) is 0 Å². The highest BCUT2D eigenvalue weighted by atomic mass is 14.8. The van der Waals surface area contributed by atoms with Crippen molar-refractivity contribution in [1.29, 1.82) is 0 Å². The zero-order chi connectivity index (χ0) is 12.7. The summed E-state index contributed by atoms with van der Waals surface area (Å²) >= 11 is 0. The predicted octanol–water partition coefficient (Wildman–Crippen LogP) is 2.87. The zero-order valence-corrected chi connectivity index (χ0v) is 12.5. The van der Waals surface area contributed by atoms with E-state index in [1.807, 2.05) is 0 Å². The molecule has 0 atom stereocenters. The Morgan fingerprint density at radius 1 is 0.833 bits per heavy atom. The summed E-state index contributed by atoms with van der Waals surface area (Å²) in [5.74, 6) is 1.02. The van der Waals surface area contributed by atoms with E-state index in [9.17, 15) is 0 Å². The first-order chi connectivity index (χ1) is 8.79. The SMILES string of the molecule is BC1(BC2CCCNCCC2)CCCCCCC1. The first-order valence-electron chi connectivity index (χ1n) is 8.49. The minimum Gasteiger partial charge on any atom is -0.317 e. The number of hydrogen-bond acceptors (Lipinski definition) is 1. The van der Waals surface area contributed by atoms with Crippen molar-refractivity contribution < 1.29 is 0 Å². The fraction of sp³-hybridized carbons (Fsp3) is 1.00. The second-order valence-corrected chi connectivity index (χ2v) is 7.18. The van der Waals surface area contributed by atoms with E-state index in [0.717, 1.165) is 5.82 Å². The Bertz CT molecular complexity index is 217. The molecule has 0 amide bonds. The maximum absolute atomic E-state index is 3.54. The van der Waals surface area contributed by atoms with Gasteiger partial charge in [0.15, 0.2) is 0 Å². The quantitative estimate of drug-likeness (QED) is 0.740. The van der Waals surface area contributed by atoms with Gasteiger partial charge in [-0.25, -0.2) is 0 Å². The van der Waals surface area contributed by atoms with Crippen LogP contribution in [0, 0.1) is 0 Å². The molecule has 2 aliphatic rings. The second-order valence-electron chi connectivity index (χ2n) is 7.18. The minimum atomic E-state index is 0.678. The lowest BCUT2D eigenvalue weighted by atomic mass is 9.34. The van der Waals surface area contributed by atoms with Gasteiger partial charge in [0.05, 0.1) is 7.85 Å². The summed E-state index contributed by atoms with van der Waals surface area (Å²) < 4.78 is 0. The molecule has 3 heteroatoms. The molecule has 0 radical (unpaired) electrons. The summed E-state index contributed by atoms with van der Waals surface area (Å²) in [6.07, 6.45) is 16.2. The molecule has 1 saturated carbocycles. The molecule has 2 fully saturated rings. The van der Waals surface area contributed by atoms with E-state index in [4.69, 9.17) is 0 Å². The Hall–Kier alpha value is 0.0899. The highest BCUT2D eigenvalue weighted by molar-refractivity contribution is 6.55. The molecule has 102 valence electrons. The summed E-state index contributed by atoms with van der Waals surface area (Å²) in [6, 6.07) is 0. The van der Waals surface area contributed by atoms with Gasteiger partial charge >= 0.3 is 0 Å². The van der Waals surface area contributed by atoms with Gasteiger partial charge in [0.2, 0.25) is 0 Å². The molecule has 0 aromatic carbocycles. The Kier molecular flexibility index (Phi) is 6.14. The smallest absolute Gasteiger partial charge is 0.122 e. The fourth-order valence-electron chi connectivity index (χ4n) is 4.16. The van der Waals surface area contributed by atoms with Gasteiger partial charge < -0.3 is 5.32 Å². The third-order valence-electron chi connectivity index (χ3n) is 5.27. The number of rotatable bonds is 2. The highest BCUT2D eigenvalue weighted by Crippen LogP contribution is 2.41. The van der Waals surface area contributed by atoms with Gasteiger partial charge in [0.1, 0.15) is 7.28 Å². The summed E-state index contributed by atoms with van der Waals surface area (Å²) in [5, 5.41) is 4.22. The van der Waals surface area contributed by atoms with Gasteiger partial charge in [-0.15, -0.1) is 0 Å². The Labute approximate surface area is 116 Å². The number of nitrogens with one attached hydrogen (secondary N) is 1.